The zero-order valence-corrected chi connectivity index (χ0v) is 18.1. The lowest BCUT2D eigenvalue weighted by Gasteiger charge is -2.22. The van der Waals surface area contributed by atoms with Gasteiger partial charge in [0.05, 0.1) is 5.69 Å². The van der Waals surface area contributed by atoms with Gasteiger partial charge >= 0.3 is 6.03 Å². The molecule has 1 fully saturated rings. The molecule has 152 valence electrons. The second-order valence-corrected chi connectivity index (χ2v) is 8.39. The number of rotatable bonds is 4. The summed E-state index contributed by atoms with van der Waals surface area (Å²) in [5.41, 5.74) is 1.06. The van der Waals surface area contributed by atoms with Crippen LogP contribution in [0.4, 0.5) is 10.5 Å². The van der Waals surface area contributed by atoms with Crippen molar-refractivity contribution in [2.24, 2.45) is 0 Å². The molecule has 1 heterocycles. The van der Waals surface area contributed by atoms with Gasteiger partial charge in [-0.25, -0.2) is 4.79 Å². The molecule has 0 spiro atoms. The van der Waals surface area contributed by atoms with Crippen LogP contribution in [0.25, 0.3) is 10.8 Å². The van der Waals surface area contributed by atoms with E-state index < -0.39 is 23.4 Å². The van der Waals surface area contributed by atoms with Crippen LogP contribution in [0.5, 0.6) is 0 Å². The molecule has 7 heteroatoms. The molecule has 1 unspecified atom stereocenters. The van der Waals surface area contributed by atoms with Crippen molar-refractivity contribution in [1.82, 2.24) is 10.2 Å². The number of nitrogens with one attached hydrogen (secondary N) is 2. The first kappa shape index (κ1) is 20.1. The van der Waals surface area contributed by atoms with Crippen molar-refractivity contribution in [3.8, 4) is 0 Å². The summed E-state index contributed by atoms with van der Waals surface area (Å²) in [4.78, 5) is 39.1. The smallest absolute Gasteiger partial charge is 0.323 e. The number of hydrogen-bond donors (Lipinski definition) is 2. The Balaban J connectivity index is 1.54. The average molecular weight is 466 g/mol. The van der Waals surface area contributed by atoms with Gasteiger partial charge in [-0.2, -0.15) is 0 Å². The highest BCUT2D eigenvalue weighted by molar-refractivity contribution is 9.10. The van der Waals surface area contributed by atoms with E-state index in [1.165, 1.54) is 0 Å². The maximum atomic E-state index is 13.1. The van der Waals surface area contributed by atoms with Crippen molar-refractivity contribution in [2.75, 3.05) is 11.9 Å². The molecule has 6 nitrogen and oxygen atoms in total. The number of nitrogens with zero attached hydrogens (tertiary/aromatic N) is 1. The first-order chi connectivity index (χ1) is 14.3. The maximum Gasteiger partial charge on any atom is 0.325 e. The van der Waals surface area contributed by atoms with Gasteiger partial charge in [-0.1, -0.05) is 42.5 Å². The zero-order chi connectivity index (χ0) is 21.5. The molecule has 1 aliphatic heterocycles. The van der Waals surface area contributed by atoms with Crippen LogP contribution in [0.1, 0.15) is 18.1 Å². The van der Waals surface area contributed by atoms with Gasteiger partial charge in [0.25, 0.3) is 5.91 Å². The van der Waals surface area contributed by atoms with Crippen LogP contribution in [0.2, 0.25) is 0 Å². The van der Waals surface area contributed by atoms with Gasteiger partial charge < -0.3 is 10.6 Å². The predicted octanol–water partition coefficient (Wildman–Crippen LogP) is 4.32. The van der Waals surface area contributed by atoms with Crippen LogP contribution >= 0.6 is 15.9 Å². The number of fused-ring (bicyclic) bond motifs is 1. The van der Waals surface area contributed by atoms with Crippen molar-refractivity contribution < 1.29 is 14.4 Å². The summed E-state index contributed by atoms with van der Waals surface area (Å²) in [6.07, 6.45) is 0. The second kappa shape index (κ2) is 7.57. The Labute approximate surface area is 182 Å². The summed E-state index contributed by atoms with van der Waals surface area (Å²) < 4.78 is 0.731. The van der Waals surface area contributed by atoms with Gasteiger partial charge in [-0.05, 0) is 69.9 Å². The van der Waals surface area contributed by atoms with E-state index in [-0.39, 0.29) is 6.54 Å². The molecule has 1 atom stereocenters. The number of anilines is 1. The molecule has 3 aromatic carbocycles. The minimum absolute atomic E-state index is 0.367. The van der Waals surface area contributed by atoms with E-state index in [0.717, 1.165) is 25.7 Å². The fourth-order valence-electron chi connectivity index (χ4n) is 3.59. The van der Waals surface area contributed by atoms with Crippen molar-refractivity contribution >= 4 is 50.2 Å². The molecular weight excluding hydrogens is 446 g/mol. The van der Waals surface area contributed by atoms with Gasteiger partial charge in [0.1, 0.15) is 12.1 Å². The SMILES string of the molecule is Cc1ccc(NC(=O)CN2C(=O)NC(C)(c3ccc4ccccc4c3)C2=O)c(Br)c1. The van der Waals surface area contributed by atoms with Crippen LogP contribution in [0.15, 0.2) is 65.1 Å². The third-order valence-electron chi connectivity index (χ3n) is 5.30. The van der Waals surface area contributed by atoms with E-state index >= 15 is 0 Å². The molecule has 3 aromatic rings. The Kier molecular flexibility index (Phi) is 5.07. The number of aryl methyl sites for hydroxylation is 1. The summed E-state index contributed by atoms with van der Waals surface area (Å²) in [7, 11) is 0. The number of benzene rings is 3. The predicted molar refractivity (Wildman–Crippen MR) is 119 cm³/mol. The van der Waals surface area contributed by atoms with Gasteiger partial charge in [-0.3, -0.25) is 14.5 Å². The minimum atomic E-state index is -1.23. The van der Waals surface area contributed by atoms with Crippen LogP contribution < -0.4 is 10.6 Å². The number of urea groups is 1. The summed E-state index contributed by atoms with van der Waals surface area (Å²) in [5, 5.41) is 7.50. The van der Waals surface area contributed by atoms with E-state index in [0.29, 0.717) is 11.3 Å². The molecule has 0 bridgehead atoms. The quantitative estimate of drug-likeness (QED) is 0.563. The molecule has 0 aromatic heterocycles. The number of halogens is 1. The van der Waals surface area contributed by atoms with Crippen LogP contribution in [-0.4, -0.2) is 29.3 Å². The average Bonchev–Trinajstić information content (AvgIpc) is 2.94. The van der Waals surface area contributed by atoms with Crippen LogP contribution in [0.3, 0.4) is 0 Å². The lowest BCUT2D eigenvalue weighted by molar-refractivity contribution is -0.133. The van der Waals surface area contributed by atoms with E-state index in [1.807, 2.05) is 61.5 Å². The van der Waals surface area contributed by atoms with E-state index in [9.17, 15) is 14.4 Å². The zero-order valence-electron chi connectivity index (χ0n) is 16.5. The van der Waals surface area contributed by atoms with Crippen molar-refractivity contribution in [3.05, 3.63) is 76.3 Å². The topological polar surface area (TPSA) is 78.5 Å². The summed E-state index contributed by atoms with van der Waals surface area (Å²) in [6, 6.07) is 18.3. The molecule has 0 aliphatic carbocycles. The first-order valence-corrected chi connectivity index (χ1v) is 10.3. The fraction of sp³-hybridized carbons (Fsp3) is 0.174. The molecule has 0 saturated carbocycles. The highest BCUT2D eigenvalue weighted by Gasteiger charge is 2.49. The van der Waals surface area contributed by atoms with Crippen molar-refractivity contribution in [3.63, 3.8) is 0 Å². The number of carbonyl (C=O) groups is 3. The monoisotopic (exact) mass is 465 g/mol. The Bertz CT molecular complexity index is 1190. The lowest BCUT2D eigenvalue weighted by atomic mass is 9.90. The van der Waals surface area contributed by atoms with E-state index in [1.54, 1.807) is 13.0 Å². The molecule has 1 saturated heterocycles. The summed E-state index contributed by atoms with van der Waals surface area (Å²) >= 11 is 3.41. The lowest BCUT2D eigenvalue weighted by Crippen LogP contribution is -2.42. The molecular formula is C23H20BrN3O3. The molecule has 4 rings (SSSR count). The number of hydrogen-bond acceptors (Lipinski definition) is 3. The summed E-state index contributed by atoms with van der Waals surface area (Å²) in [6.45, 7) is 3.23. The normalized spacial score (nSPS) is 18.6. The first-order valence-electron chi connectivity index (χ1n) is 9.47. The molecule has 30 heavy (non-hydrogen) atoms. The van der Waals surface area contributed by atoms with Gasteiger partial charge in [0.2, 0.25) is 5.91 Å². The van der Waals surface area contributed by atoms with Crippen molar-refractivity contribution in [2.45, 2.75) is 19.4 Å². The highest BCUT2D eigenvalue weighted by Crippen LogP contribution is 2.31. The maximum absolute atomic E-state index is 13.1. The third-order valence-corrected chi connectivity index (χ3v) is 5.96. The summed E-state index contributed by atoms with van der Waals surface area (Å²) in [5.74, 6) is -0.910. The minimum Gasteiger partial charge on any atom is -0.323 e. The Hall–Kier alpha value is -3.19. The highest BCUT2D eigenvalue weighted by atomic mass is 79.9. The number of amides is 4. The molecule has 2 N–H and O–H groups in total. The van der Waals surface area contributed by atoms with E-state index in [2.05, 4.69) is 26.6 Å². The fourth-order valence-corrected chi connectivity index (χ4v) is 4.18. The van der Waals surface area contributed by atoms with Gasteiger partial charge in [0.15, 0.2) is 0 Å². The molecule has 1 aliphatic rings. The number of imide groups is 1. The van der Waals surface area contributed by atoms with Gasteiger partial charge in [-0.15, -0.1) is 0 Å². The molecule has 0 radical (unpaired) electrons. The van der Waals surface area contributed by atoms with Crippen LogP contribution in [-0.2, 0) is 15.1 Å². The Morgan fingerprint density at radius 2 is 1.80 bits per heavy atom. The third kappa shape index (κ3) is 3.57. The standard InChI is InChI=1S/C23H20BrN3O3/c1-14-7-10-19(18(24)11-14)25-20(28)13-27-21(29)23(2,26-22(27)30)17-9-8-15-5-3-4-6-16(15)12-17/h3-12H,13H2,1-2H3,(H,25,28)(H,26,30). The Morgan fingerprint density at radius 1 is 1.07 bits per heavy atom. The Morgan fingerprint density at radius 3 is 2.53 bits per heavy atom. The molecule has 4 amide bonds. The number of carbonyl (C=O) groups excluding carboxylic acids is 3. The van der Waals surface area contributed by atoms with Crippen LogP contribution in [0, 0.1) is 6.92 Å². The second-order valence-electron chi connectivity index (χ2n) is 7.54. The van der Waals surface area contributed by atoms with E-state index in [4.69, 9.17) is 0 Å². The van der Waals surface area contributed by atoms with Gasteiger partial charge in [0, 0.05) is 4.47 Å². The largest absolute Gasteiger partial charge is 0.325 e. The van der Waals surface area contributed by atoms with Crippen molar-refractivity contribution in [1.29, 1.82) is 0 Å².